The van der Waals surface area contributed by atoms with Gasteiger partial charge in [0.05, 0.1) is 31.0 Å². The third-order valence-electron chi connectivity index (χ3n) is 5.26. The van der Waals surface area contributed by atoms with Gasteiger partial charge in [0.2, 0.25) is 0 Å². The van der Waals surface area contributed by atoms with Crippen LogP contribution in [-0.4, -0.2) is 36.6 Å². The molecule has 1 fully saturated rings. The van der Waals surface area contributed by atoms with Crippen molar-refractivity contribution in [3.8, 4) is 11.5 Å². The van der Waals surface area contributed by atoms with Gasteiger partial charge in [0.15, 0.2) is 0 Å². The highest BCUT2D eigenvalue weighted by molar-refractivity contribution is 5.99. The molecule has 1 aromatic heterocycles. The number of benzene rings is 1. The van der Waals surface area contributed by atoms with Gasteiger partial charge in [0.25, 0.3) is 5.91 Å². The number of amides is 1. The van der Waals surface area contributed by atoms with Crippen LogP contribution in [0.4, 0.5) is 0 Å². The summed E-state index contributed by atoms with van der Waals surface area (Å²) >= 11 is 0. The van der Waals surface area contributed by atoms with Gasteiger partial charge in [-0.05, 0) is 49.2 Å². The van der Waals surface area contributed by atoms with Gasteiger partial charge in [-0.3, -0.25) is 9.78 Å². The average molecular weight is 352 g/mol. The largest absolute Gasteiger partial charge is 0.497 e. The Kier molecular flexibility index (Phi) is 4.28. The molecule has 1 atom stereocenters. The zero-order chi connectivity index (χ0) is 18.1. The van der Waals surface area contributed by atoms with Gasteiger partial charge < -0.3 is 19.7 Å². The van der Waals surface area contributed by atoms with Crippen LogP contribution < -0.4 is 14.8 Å². The molecule has 1 spiro atoms. The molecule has 1 amide bonds. The summed E-state index contributed by atoms with van der Waals surface area (Å²) in [6, 6.07) is 9.43. The Hall–Kier alpha value is -2.60. The molecule has 1 N–H and O–H groups in total. The monoisotopic (exact) mass is 352 g/mol. The van der Waals surface area contributed by atoms with E-state index in [1.54, 1.807) is 20.4 Å². The first kappa shape index (κ1) is 16.8. The van der Waals surface area contributed by atoms with Crippen molar-refractivity contribution in [3.05, 3.63) is 59.9 Å². The lowest BCUT2D eigenvalue weighted by atomic mass is 9.84. The van der Waals surface area contributed by atoms with Crippen LogP contribution in [0.3, 0.4) is 0 Å². The Bertz CT molecular complexity index is 809. The van der Waals surface area contributed by atoms with Crippen LogP contribution in [-0.2, 0) is 12.1 Å². The van der Waals surface area contributed by atoms with Crippen molar-refractivity contribution in [1.82, 2.24) is 15.2 Å². The predicted octanol–water partition coefficient (Wildman–Crippen LogP) is 2.50. The summed E-state index contributed by atoms with van der Waals surface area (Å²) < 4.78 is 10.8. The number of pyridine rings is 1. The summed E-state index contributed by atoms with van der Waals surface area (Å²) in [5.41, 5.74) is 2.17. The highest BCUT2D eigenvalue weighted by Gasteiger charge is 2.51. The maximum atomic E-state index is 13.2. The minimum absolute atomic E-state index is 0.0326. The zero-order valence-corrected chi connectivity index (χ0v) is 15.0. The number of nitrogens with zero attached hydrogens (tertiary/aromatic N) is 2. The van der Waals surface area contributed by atoms with Crippen LogP contribution in [0.1, 0.15) is 34.5 Å². The number of piperidine rings is 1. The Morgan fingerprint density at radius 1 is 1.23 bits per heavy atom. The highest BCUT2D eigenvalue weighted by Crippen LogP contribution is 2.45. The standard InChI is InChI=1S/C20H22N3O3/c1-25-15-10-14(11-16(12-15)26-2)13-23-19(24)17-4-3-7-22-18(17)20(23)5-8-21-9-6-20/h3-4,7-8,10-12,21H,5-6,9,13H2,1-2H3. The molecule has 1 saturated heterocycles. The molecule has 2 aliphatic heterocycles. The first-order chi connectivity index (χ1) is 12.7. The molecule has 2 aliphatic rings. The van der Waals surface area contributed by atoms with Crippen LogP contribution in [0.15, 0.2) is 36.5 Å². The molecule has 0 aliphatic carbocycles. The first-order valence-corrected chi connectivity index (χ1v) is 8.72. The number of rotatable bonds is 4. The van der Waals surface area contributed by atoms with Gasteiger partial charge in [-0.15, -0.1) is 0 Å². The summed E-state index contributed by atoms with van der Waals surface area (Å²) in [4.78, 5) is 19.7. The van der Waals surface area contributed by atoms with E-state index in [9.17, 15) is 4.79 Å². The first-order valence-electron chi connectivity index (χ1n) is 8.72. The number of carbonyl (C=O) groups excluding carboxylic acids is 1. The van der Waals surface area contributed by atoms with E-state index >= 15 is 0 Å². The summed E-state index contributed by atoms with van der Waals surface area (Å²) in [7, 11) is 3.26. The molecule has 6 heteroatoms. The molecule has 4 rings (SSSR count). The Balaban J connectivity index is 1.75. The van der Waals surface area contributed by atoms with Gasteiger partial charge in [-0.2, -0.15) is 0 Å². The number of hydrogen-bond acceptors (Lipinski definition) is 5. The van der Waals surface area contributed by atoms with Gasteiger partial charge in [0.1, 0.15) is 11.5 Å². The summed E-state index contributed by atoms with van der Waals surface area (Å²) in [5.74, 6) is 1.46. The van der Waals surface area contributed by atoms with Crippen molar-refractivity contribution >= 4 is 5.91 Å². The minimum Gasteiger partial charge on any atom is -0.497 e. The van der Waals surface area contributed by atoms with Crippen molar-refractivity contribution in [1.29, 1.82) is 0 Å². The predicted molar refractivity (Wildman–Crippen MR) is 96.9 cm³/mol. The van der Waals surface area contributed by atoms with Crippen LogP contribution in [0.5, 0.6) is 11.5 Å². The van der Waals surface area contributed by atoms with Crippen molar-refractivity contribution in [2.45, 2.75) is 24.9 Å². The molecule has 0 saturated carbocycles. The highest BCUT2D eigenvalue weighted by atomic mass is 16.5. The van der Waals surface area contributed by atoms with E-state index in [-0.39, 0.29) is 5.91 Å². The van der Waals surface area contributed by atoms with E-state index in [1.165, 1.54) is 0 Å². The fraction of sp³-hybridized carbons (Fsp3) is 0.350. The Morgan fingerprint density at radius 2 is 2.00 bits per heavy atom. The number of nitrogens with one attached hydrogen (secondary N) is 1. The van der Waals surface area contributed by atoms with Crippen molar-refractivity contribution in [3.63, 3.8) is 0 Å². The maximum Gasteiger partial charge on any atom is 0.256 e. The average Bonchev–Trinajstić information content (AvgIpc) is 2.91. The van der Waals surface area contributed by atoms with E-state index in [4.69, 9.17) is 9.47 Å². The molecular weight excluding hydrogens is 330 g/mol. The number of aromatic nitrogens is 1. The molecule has 1 radical (unpaired) electrons. The van der Waals surface area contributed by atoms with Crippen LogP contribution in [0.25, 0.3) is 0 Å². The minimum atomic E-state index is -0.394. The second kappa shape index (κ2) is 6.61. The van der Waals surface area contributed by atoms with Crippen molar-refractivity contribution < 1.29 is 14.3 Å². The van der Waals surface area contributed by atoms with Crippen LogP contribution in [0.2, 0.25) is 0 Å². The van der Waals surface area contributed by atoms with E-state index < -0.39 is 5.54 Å². The van der Waals surface area contributed by atoms with E-state index in [0.29, 0.717) is 23.6 Å². The molecule has 1 aromatic carbocycles. The summed E-state index contributed by atoms with van der Waals surface area (Å²) in [6.45, 7) is 3.34. The third kappa shape index (κ3) is 2.61. The van der Waals surface area contributed by atoms with Crippen LogP contribution >= 0.6 is 0 Å². The Morgan fingerprint density at radius 3 is 2.65 bits per heavy atom. The second-order valence-electron chi connectivity index (χ2n) is 6.66. The normalized spacial score (nSPS) is 18.1. The lowest BCUT2D eigenvalue weighted by molar-refractivity contribution is 0.0436. The molecule has 6 nitrogen and oxygen atoms in total. The molecule has 135 valence electrons. The fourth-order valence-electron chi connectivity index (χ4n) is 3.96. The quantitative estimate of drug-likeness (QED) is 0.916. The zero-order valence-electron chi connectivity index (χ0n) is 15.0. The van der Waals surface area contributed by atoms with Gasteiger partial charge >= 0.3 is 0 Å². The van der Waals surface area contributed by atoms with Crippen molar-refractivity contribution in [2.24, 2.45) is 0 Å². The van der Waals surface area contributed by atoms with Crippen molar-refractivity contribution in [2.75, 3.05) is 20.8 Å². The van der Waals surface area contributed by atoms with Gasteiger partial charge in [0, 0.05) is 25.4 Å². The van der Waals surface area contributed by atoms with Gasteiger partial charge in [-0.25, -0.2) is 0 Å². The number of ether oxygens (including phenoxy) is 2. The molecule has 2 aromatic rings. The molecule has 26 heavy (non-hydrogen) atoms. The number of hydrogen-bond donors (Lipinski definition) is 1. The lowest BCUT2D eigenvalue weighted by Crippen LogP contribution is -2.48. The second-order valence-corrected chi connectivity index (χ2v) is 6.66. The maximum absolute atomic E-state index is 13.2. The van der Waals surface area contributed by atoms with Crippen LogP contribution in [0, 0.1) is 6.54 Å². The topological polar surface area (TPSA) is 63.7 Å². The Labute approximate surface area is 153 Å². The fourth-order valence-corrected chi connectivity index (χ4v) is 3.96. The number of methoxy groups -OCH3 is 2. The molecule has 3 heterocycles. The summed E-state index contributed by atoms with van der Waals surface area (Å²) in [5, 5.41) is 3.27. The third-order valence-corrected chi connectivity index (χ3v) is 5.26. The van der Waals surface area contributed by atoms with E-state index in [1.807, 2.05) is 41.8 Å². The summed E-state index contributed by atoms with van der Waals surface area (Å²) in [6.07, 6.45) is 3.35. The molecular formula is C20H22N3O3. The number of carbonyl (C=O) groups is 1. The lowest BCUT2D eigenvalue weighted by Gasteiger charge is -2.41. The SMILES string of the molecule is COc1cc(CN2C(=O)c3cccnc3C23C[CH]NCC3)cc(OC)c1. The van der Waals surface area contributed by atoms with E-state index in [0.717, 1.165) is 30.6 Å². The smallest absolute Gasteiger partial charge is 0.256 e. The molecule has 0 bridgehead atoms. The number of fused-ring (bicyclic) bond motifs is 2. The van der Waals surface area contributed by atoms with E-state index in [2.05, 4.69) is 10.3 Å². The molecule has 1 unspecified atom stereocenters. The van der Waals surface area contributed by atoms with Gasteiger partial charge in [-0.1, -0.05) is 0 Å².